The van der Waals surface area contributed by atoms with Crippen LogP contribution in [0.25, 0.3) is 0 Å². The zero-order valence-electron chi connectivity index (χ0n) is 15.8. The minimum Gasteiger partial charge on any atom is -0.444 e. The van der Waals surface area contributed by atoms with E-state index >= 15 is 0 Å². The number of Topliss-reactive ketones (excluding diaryl/α,β-unsaturated/α-hetero) is 1. The lowest BCUT2D eigenvalue weighted by Gasteiger charge is -2.40. The molecule has 1 amide bonds. The normalized spacial score (nSPS) is 25.9. The second-order valence-corrected chi connectivity index (χ2v) is 8.29. The molecule has 1 saturated heterocycles. The number of alkyl carbamates (subject to hydrolysis) is 1. The molecule has 0 bridgehead atoms. The lowest BCUT2D eigenvalue weighted by Crippen LogP contribution is -2.55. The van der Waals surface area contributed by atoms with E-state index in [4.69, 9.17) is 14.2 Å². The van der Waals surface area contributed by atoms with Gasteiger partial charge in [-0.25, -0.2) is 4.79 Å². The fourth-order valence-electron chi connectivity index (χ4n) is 3.46. The molecule has 0 radical (unpaired) electrons. The second kappa shape index (κ2) is 7.60. The van der Waals surface area contributed by atoms with Crippen LogP contribution in [-0.4, -0.2) is 53.7 Å². The van der Waals surface area contributed by atoms with Gasteiger partial charge in [-0.1, -0.05) is 13.8 Å². The maximum absolute atomic E-state index is 12.4. The quantitative estimate of drug-likeness (QED) is 0.799. The molecule has 1 aliphatic heterocycles. The summed E-state index contributed by atoms with van der Waals surface area (Å²) in [5, 5.41) is 13.6. The van der Waals surface area contributed by atoms with E-state index in [1.807, 2.05) is 13.8 Å². The Morgan fingerprint density at radius 1 is 1.32 bits per heavy atom. The average molecular weight is 357 g/mol. The Labute approximate surface area is 149 Å². The predicted octanol–water partition coefficient (Wildman–Crippen LogP) is 2.01. The summed E-state index contributed by atoms with van der Waals surface area (Å²) in [5.74, 6) is -1.49. The van der Waals surface area contributed by atoms with Crippen molar-refractivity contribution in [1.82, 2.24) is 5.32 Å². The third kappa shape index (κ3) is 5.15. The van der Waals surface area contributed by atoms with Crippen molar-refractivity contribution in [3.63, 3.8) is 0 Å². The van der Waals surface area contributed by atoms with E-state index in [-0.39, 0.29) is 11.7 Å². The summed E-state index contributed by atoms with van der Waals surface area (Å²) in [5.41, 5.74) is -0.632. The van der Waals surface area contributed by atoms with Gasteiger partial charge in [-0.05, 0) is 26.7 Å². The van der Waals surface area contributed by atoms with Gasteiger partial charge in [0.15, 0.2) is 5.79 Å². The highest BCUT2D eigenvalue weighted by Gasteiger charge is 2.48. The molecule has 2 fully saturated rings. The van der Waals surface area contributed by atoms with Crippen LogP contribution in [0.15, 0.2) is 0 Å². The number of carbonyl (C=O) groups excluding carboxylic acids is 2. The Morgan fingerprint density at radius 3 is 2.44 bits per heavy atom. The molecule has 1 saturated carbocycles. The largest absolute Gasteiger partial charge is 0.444 e. The van der Waals surface area contributed by atoms with E-state index in [9.17, 15) is 14.7 Å². The van der Waals surface area contributed by atoms with Crippen molar-refractivity contribution in [3.05, 3.63) is 0 Å². The van der Waals surface area contributed by atoms with E-state index in [0.29, 0.717) is 32.5 Å². The molecule has 2 rings (SSSR count). The molecule has 144 valence electrons. The number of amides is 1. The van der Waals surface area contributed by atoms with Gasteiger partial charge in [0.1, 0.15) is 11.4 Å². The molecule has 1 aliphatic carbocycles. The van der Waals surface area contributed by atoms with Gasteiger partial charge in [0.2, 0.25) is 0 Å². The Kier molecular flexibility index (Phi) is 6.12. The summed E-state index contributed by atoms with van der Waals surface area (Å²) in [7, 11) is 0. The standard InChI is InChI=1S/C18H31NO6/c1-11(2)14(19-16(22)25-17(3,4)5)15(21)12-10-18(7-6-13(12)20)23-8-9-24-18/h11-12,14-15,21H,6-10H2,1-5H3,(H,19,22). The SMILES string of the molecule is CC(C)C(NC(=O)OC(C)(C)C)C(O)C1CC2(CCC1=O)OCCO2. The molecule has 3 unspecified atom stereocenters. The van der Waals surface area contributed by atoms with E-state index < -0.39 is 35.5 Å². The number of aliphatic hydroxyl groups is 1. The maximum Gasteiger partial charge on any atom is 0.407 e. The summed E-state index contributed by atoms with van der Waals surface area (Å²) in [6.45, 7) is 10.1. The summed E-state index contributed by atoms with van der Waals surface area (Å²) in [6.07, 6.45) is -0.492. The predicted molar refractivity (Wildman–Crippen MR) is 91.0 cm³/mol. The minimum absolute atomic E-state index is 0.0196. The molecule has 1 heterocycles. The van der Waals surface area contributed by atoms with E-state index in [0.717, 1.165) is 0 Å². The zero-order valence-corrected chi connectivity index (χ0v) is 15.8. The van der Waals surface area contributed by atoms with Gasteiger partial charge in [-0.15, -0.1) is 0 Å². The first-order valence-corrected chi connectivity index (χ1v) is 9.01. The number of aliphatic hydroxyl groups excluding tert-OH is 1. The van der Waals surface area contributed by atoms with Crippen LogP contribution in [0.2, 0.25) is 0 Å². The number of ketones is 1. The van der Waals surface area contributed by atoms with Crippen LogP contribution in [0.1, 0.15) is 53.9 Å². The second-order valence-electron chi connectivity index (χ2n) is 8.29. The molecule has 2 aliphatic rings. The minimum atomic E-state index is -1.02. The van der Waals surface area contributed by atoms with Crippen LogP contribution >= 0.6 is 0 Å². The summed E-state index contributed by atoms with van der Waals surface area (Å²) in [6, 6.07) is -0.597. The molecule has 25 heavy (non-hydrogen) atoms. The Balaban J connectivity index is 2.08. The Bertz CT molecular complexity index is 492. The molecule has 0 aromatic heterocycles. The van der Waals surface area contributed by atoms with E-state index in [1.165, 1.54) is 0 Å². The van der Waals surface area contributed by atoms with Crippen molar-refractivity contribution in [2.45, 2.75) is 77.4 Å². The summed E-state index contributed by atoms with van der Waals surface area (Å²) >= 11 is 0. The fourth-order valence-corrected chi connectivity index (χ4v) is 3.46. The third-order valence-corrected chi connectivity index (χ3v) is 4.69. The molecule has 3 atom stereocenters. The first kappa shape index (κ1) is 20.1. The van der Waals surface area contributed by atoms with Crippen LogP contribution in [0.5, 0.6) is 0 Å². The third-order valence-electron chi connectivity index (χ3n) is 4.69. The highest BCUT2D eigenvalue weighted by molar-refractivity contribution is 5.82. The van der Waals surface area contributed by atoms with Crippen molar-refractivity contribution in [1.29, 1.82) is 0 Å². The molecule has 1 spiro atoms. The van der Waals surface area contributed by atoms with Crippen LogP contribution in [-0.2, 0) is 19.0 Å². The molecule has 7 nitrogen and oxygen atoms in total. The molecule has 0 aromatic carbocycles. The maximum atomic E-state index is 12.4. The Hall–Kier alpha value is -1.18. The monoisotopic (exact) mass is 357 g/mol. The van der Waals surface area contributed by atoms with E-state index in [1.54, 1.807) is 20.8 Å². The molecular weight excluding hydrogens is 326 g/mol. The average Bonchev–Trinajstić information content (AvgIpc) is 2.93. The van der Waals surface area contributed by atoms with Crippen LogP contribution in [0, 0.1) is 11.8 Å². The number of nitrogens with one attached hydrogen (secondary N) is 1. The van der Waals surface area contributed by atoms with Crippen LogP contribution in [0.4, 0.5) is 4.79 Å². The summed E-state index contributed by atoms with van der Waals surface area (Å²) < 4.78 is 16.7. The van der Waals surface area contributed by atoms with Gasteiger partial charge < -0.3 is 24.6 Å². The first-order valence-electron chi connectivity index (χ1n) is 9.01. The highest BCUT2D eigenvalue weighted by atomic mass is 16.7. The van der Waals surface area contributed by atoms with Crippen molar-refractivity contribution >= 4 is 11.9 Å². The van der Waals surface area contributed by atoms with Gasteiger partial charge in [0.05, 0.1) is 31.3 Å². The molecular formula is C18H31NO6. The lowest BCUT2D eigenvalue weighted by molar-refractivity contribution is -0.197. The van der Waals surface area contributed by atoms with Crippen molar-refractivity contribution < 1.29 is 28.9 Å². The topological polar surface area (TPSA) is 94.1 Å². The Morgan fingerprint density at radius 2 is 1.92 bits per heavy atom. The number of carbonyl (C=O) groups is 2. The first-order chi connectivity index (χ1) is 11.5. The van der Waals surface area contributed by atoms with Gasteiger partial charge in [-0.2, -0.15) is 0 Å². The van der Waals surface area contributed by atoms with Crippen molar-refractivity contribution in [3.8, 4) is 0 Å². The number of rotatable bonds is 4. The fraction of sp³-hybridized carbons (Fsp3) is 0.889. The van der Waals surface area contributed by atoms with Crippen LogP contribution in [0.3, 0.4) is 0 Å². The number of ether oxygens (including phenoxy) is 3. The van der Waals surface area contributed by atoms with Crippen molar-refractivity contribution in [2.75, 3.05) is 13.2 Å². The van der Waals surface area contributed by atoms with Gasteiger partial charge in [0.25, 0.3) is 0 Å². The lowest BCUT2D eigenvalue weighted by atomic mass is 9.76. The number of hydrogen-bond donors (Lipinski definition) is 2. The molecule has 0 aromatic rings. The highest BCUT2D eigenvalue weighted by Crippen LogP contribution is 2.39. The smallest absolute Gasteiger partial charge is 0.407 e. The van der Waals surface area contributed by atoms with Gasteiger partial charge in [0, 0.05) is 19.3 Å². The number of hydrogen-bond acceptors (Lipinski definition) is 6. The van der Waals surface area contributed by atoms with Gasteiger partial charge >= 0.3 is 6.09 Å². The van der Waals surface area contributed by atoms with Crippen molar-refractivity contribution in [2.24, 2.45) is 11.8 Å². The summed E-state index contributed by atoms with van der Waals surface area (Å²) in [4.78, 5) is 24.5. The van der Waals surface area contributed by atoms with Gasteiger partial charge in [-0.3, -0.25) is 4.79 Å². The zero-order chi connectivity index (χ0) is 18.8. The molecule has 2 N–H and O–H groups in total. The van der Waals surface area contributed by atoms with Crippen LogP contribution < -0.4 is 5.32 Å². The molecule has 7 heteroatoms. The van der Waals surface area contributed by atoms with E-state index in [2.05, 4.69) is 5.32 Å².